The monoisotopic (exact) mass is 192 g/mol. The molecule has 2 rings (SSSR count). The van der Waals surface area contributed by atoms with E-state index < -0.39 is 0 Å². The van der Waals surface area contributed by atoms with E-state index in [1.165, 1.54) is 6.07 Å². The standard InChI is InChI=1S/C11H13FN2/c1-13-14-8-4-7-11(14)9-5-2-3-6-10(9)12/h2-3,5-6,11H,1,4,7-8H2. The maximum atomic E-state index is 13.5. The van der Waals surface area contributed by atoms with E-state index in [9.17, 15) is 4.39 Å². The van der Waals surface area contributed by atoms with Gasteiger partial charge < -0.3 is 0 Å². The van der Waals surface area contributed by atoms with Gasteiger partial charge in [0.2, 0.25) is 0 Å². The van der Waals surface area contributed by atoms with Crippen molar-refractivity contribution < 1.29 is 4.39 Å². The second-order valence-corrected chi connectivity index (χ2v) is 3.48. The molecule has 14 heavy (non-hydrogen) atoms. The van der Waals surface area contributed by atoms with E-state index in [0.717, 1.165) is 24.9 Å². The predicted octanol–water partition coefficient (Wildman–Crippen LogP) is 2.58. The Kier molecular flexibility index (Phi) is 2.48. The van der Waals surface area contributed by atoms with Crippen LogP contribution >= 0.6 is 0 Å². The minimum Gasteiger partial charge on any atom is -0.290 e. The van der Waals surface area contributed by atoms with Gasteiger partial charge in [-0.25, -0.2) is 4.39 Å². The first-order valence-corrected chi connectivity index (χ1v) is 4.80. The average Bonchev–Trinajstić information content (AvgIpc) is 2.66. The van der Waals surface area contributed by atoms with Crippen molar-refractivity contribution in [2.75, 3.05) is 6.54 Å². The van der Waals surface area contributed by atoms with Crippen molar-refractivity contribution in [1.29, 1.82) is 0 Å². The lowest BCUT2D eigenvalue weighted by atomic mass is 10.0. The number of rotatable bonds is 2. The van der Waals surface area contributed by atoms with Gasteiger partial charge in [-0.1, -0.05) is 18.2 Å². The number of halogens is 1. The Morgan fingerprint density at radius 3 is 2.93 bits per heavy atom. The molecule has 1 fully saturated rings. The summed E-state index contributed by atoms with van der Waals surface area (Å²) in [6, 6.07) is 6.96. The van der Waals surface area contributed by atoms with Crippen molar-refractivity contribution >= 4 is 6.72 Å². The molecule has 0 bridgehead atoms. The predicted molar refractivity (Wildman–Crippen MR) is 54.6 cm³/mol. The van der Waals surface area contributed by atoms with E-state index in [0.29, 0.717) is 0 Å². The van der Waals surface area contributed by atoms with Crippen molar-refractivity contribution in [3.63, 3.8) is 0 Å². The Morgan fingerprint density at radius 1 is 1.43 bits per heavy atom. The number of benzene rings is 1. The summed E-state index contributed by atoms with van der Waals surface area (Å²) in [5.74, 6) is -0.145. The smallest absolute Gasteiger partial charge is 0.128 e. The summed E-state index contributed by atoms with van der Waals surface area (Å²) in [5.41, 5.74) is 0.734. The molecule has 2 nitrogen and oxygen atoms in total. The van der Waals surface area contributed by atoms with Crippen LogP contribution in [0, 0.1) is 5.82 Å². The molecule has 0 amide bonds. The molecule has 0 N–H and O–H groups in total. The first-order valence-electron chi connectivity index (χ1n) is 4.80. The van der Waals surface area contributed by atoms with Crippen molar-refractivity contribution in [3.05, 3.63) is 35.6 Å². The van der Waals surface area contributed by atoms with Crippen LogP contribution < -0.4 is 0 Å². The Balaban J connectivity index is 2.30. The van der Waals surface area contributed by atoms with E-state index in [-0.39, 0.29) is 11.9 Å². The molecule has 0 aliphatic carbocycles. The second-order valence-electron chi connectivity index (χ2n) is 3.48. The first kappa shape index (κ1) is 9.19. The van der Waals surface area contributed by atoms with Gasteiger partial charge in [-0.2, -0.15) is 5.10 Å². The van der Waals surface area contributed by atoms with Gasteiger partial charge in [-0.05, 0) is 18.9 Å². The normalized spacial score (nSPS) is 21.2. The summed E-state index contributed by atoms with van der Waals surface area (Å²) in [7, 11) is 0. The van der Waals surface area contributed by atoms with E-state index in [4.69, 9.17) is 0 Å². The highest BCUT2D eigenvalue weighted by molar-refractivity contribution is 5.25. The van der Waals surface area contributed by atoms with E-state index in [2.05, 4.69) is 11.8 Å². The molecule has 1 aliphatic rings. The van der Waals surface area contributed by atoms with Crippen LogP contribution in [0.4, 0.5) is 4.39 Å². The molecule has 3 heteroatoms. The molecule has 0 saturated carbocycles. The maximum Gasteiger partial charge on any atom is 0.128 e. The summed E-state index contributed by atoms with van der Waals surface area (Å²) in [5, 5.41) is 5.76. The molecule has 1 unspecified atom stereocenters. The van der Waals surface area contributed by atoms with Crippen molar-refractivity contribution in [3.8, 4) is 0 Å². The fraction of sp³-hybridized carbons (Fsp3) is 0.364. The van der Waals surface area contributed by atoms with Crippen molar-refractivity contribution in [2.45, 2.75) is 18.9 Å². The molecule has 1 heterocycles. The molecule has 1 aliphatic heterocycles. The molecule has 1 saturated heterocycles. The maximum absolute atomic E-state index is 13.5. The number of hydrazone groups is 1. The highest BCUT2D eigenvalue weighted by Gasteiger charge is 2.26. The third-order valence-corrected chi connectivity index (χ3v) is 2.67. The fourth-order valence-corrected chi connectivity index (χ4v) is 1.98. The van der Waals surface area contributed by atoms with Crippen LogP contribution in [0.15, 0.2) is 29.4 Å². The lowest BCUT2D eigenvalue weighted by Crippen LogP contribution is -2.17. The van der Waals surface area contributed by atoms with E-state index in [1.807, 2.05) is 17.1 Å². The number of hydrogen-bond donors (Lipinski definition) is 0. The minimum atomic E-state index is -0.145. The molecule has 1 aromatic rings. The van der Waals surface area contributed by atoms with Crippen LogP contribution in [0.1, 0.15) is 24.4 Å². The summed E-state index contributed by atoms with van der Waals surface area (Å²) in [6.07, 6.45) is 2.01. The Morgan fingerprint density at radius 2 is 2.21 bits per heavy atom. The molecule has 1 atom stereocenters. The molecule has 0 spiro atoms. The van der Waals surface area contributed by atoms with Crippen LogP contribution in [-0.2, 0) is 0 Å². The van der Waals surface area contributed by atoms with Gasteiger partial charge in [0.1, 0.15) is 5.82 Å². The molecule has 0 radical (unpaired) electrons. The van der Waals surface area contributed by atoms with Crippen LogP contribution in [0.5, 0.6) is 0 Å². The Hall–Kier alpha value is -1.38. The molecule has 1 aromatic carbocycles. The summed E-state index contributed by atoms with van der Waals surface area (Å²) in [6.45, 7) is 4.38. The van der Waals surface area contributed by atoms with Gasteiger partial charge in [0.15, 0.2) is 0 Å². The third-order valence-electron chi connectivity index (χ3n) is 2.67. The molecular weight excluding hydrogens is 179 g/mol. The van der Waals surface area contributed by atoms with Crippen LogP contribution in [0.2, 0.25) is 0 Å². The highest BCUT2D eigenvalue weighted by atomic mass is 19.1. The van der Waals surface area contributed by atoms with Crippen molar-refractivity contribution in [2.24, 2.45) is 5.10 Å². The molecule has 0 aromatic heterocycles. The molecular formula is C11H13FN2. The number of nitrogens with zero attached hydrogens (tertiary/aromatic N) is 2. The quantitative estimate of drug-likeness (QED) is 0.657. The van der Waals surface area contributed by atoms with Crippen LogP contribution in [-0.4, -0.2) is 18.3 Å². The molecule has 74 valence electrons. The van der Waals surface area contributed by atoms with Crippen LogP contribution in [0.25, 0.3) is 0 Å². The fourth-order valence-electron chi connectivity index (χ4n) is 1.98. The zero-order chi connectivity index (χ0) is 9.97. The second kappa shape index (κ2) is 3.78. The minimum absolute atomic E-state index is 0.0775. The average molecular weight is 192 g/mol. The Labute approximate surface area is 83.0 Å². The topological polar surface area (TPSA) is 15.6 Å². The van der Waals surface area contributed by atoms with E-state index in [1.54, 1.807) is 6.07 Å². The first-order chi connectivity index (χ1) is 6.83. The van der Waals surface area contributed by atoms with Gasteiger partial charge in [0, 0.05) is 18.8 Å². The highest BCUT2D eigenvalue weighted by Crippen LogP contribution is 2.32. The lowest BCUT2D eigenvalue weighted by Gasteiger charge is -2.21. The SMILES string of the molecule is C=NN1CCCC1c1ccccc1F. The summed E-state index contributed by atoms with van der Waals surface area (Å²) >= 11 is 0. The summed E-state index contributed by atoms with van der Waals surface area (Å²) < 4.78 is 13.5. The van der Waals surface area contributed by atoms with Gasteiger partial charge in [0.25, 0.3) is 0 Å². The summed E-state index contributed by atoms with van der Waals surface area (Å²) in [4.78, 5) is 0. The van der Waals surface area contributed by atoms with Gasteiger partial charge >= 0.3 is 0 Å². The number of hydrogen-bond acceptors (Lipinski definition) is 2. The van der Waals surface area contributed by atoms with Gasteiger partial charge in [0.05, 0.1) is 6.04 Å². The zero-order valence-corrected chi connectivity index (χ0v) is 7.99. The van der Waals surface area contributed by atoms with Gasteiger partial charge in [-0.3, -0.25) is 5.01 Å². The third kappa shape index (κ3) is 1.50. The van der Waals surface area contributed by atoms with Crippen molar-refractivity contribution in [1.82, 2.24) is 5.01 Å². The van der Waals surface area contributed by atoms with Crippen LogP contribution in [0.3, 0.4) is 0 Å². The zero-order valence-electron chi connectivity index (χ0n) is 7.99. The lowest BCUT2D eigenvalue weighted by molar-refractivity contribution is 0.268. The Bertz CT molecular complexity index is 338. The van der Waals surface area contributed by atoms with E-state index >= 15 is 0 Å². The largest absolute Gasteiger partial charge is 0.290 e. The van der Waals surface area contributed by atoms with Gasteiger partial charge in [-0.15, -0.1) is 0 Å².